The van der Waals surface area contributed by atoms with E-state index < -0.39 is 0 Å². The maximum Gasteiger partial charge on any atom is 0.176 e. The van der Waals surface area contributed by atoms with Gasteiger partial charge >= 0.3 is 0 Å². The molecule has 0 aromatic heterocycles. The lowest BCUT2D eigenvalue weighted by atomic mass is 10.3. The van der Waals surface area contributed by atoms with Gasteiger partial charge in [0.25, 0.3) is 0 Å². The Labute approximate surface area is 104 Å². The Morgan fingerprint density at radius 1 is 0.882 bits per heavy atom. The van der Waals surface area contributed by atoms with E-state index in [1.165, 1.54) is 0 Å². The summed E-state index contributed by atoms with van der Waals surface area (Å²) in [6.07, 6.45) is 0. The first-order valence-corrected chi connectivity index (χ1v) is 5.84. The number of hydrogen-bond acceptors (Lipinski definition) is 5. The molecule has 2 rings (SSSR count). The molecule has 2 aromatic rings. The molecular weight excluding hydrogens is 234 g/mol. The second-order valence-corrected chi connectivity index (χ2v) is 3.81. The molecule has 0 amide bonds. The summed E-state index contributed by atoms with van der Waals surface area (Å²) in [5.41, 5.74) is 4.30. The molecule has 0 bridgehead atoms. The third-order valence-corrected chi connectivity index (χ3v) is 2.69. The van der Waals surface area contributed by atoms with Crippen molar-refractivity contribution in [3.05, 3.63) is 54.6 Å². The first-order chi connectivity index (χ1) is 8.40. The van der Waals surface area contributed by atoms with Crippen LogP contribution in [0.3, 0.4) is 0 Å². The van der Waals surface area contributed by atoms with Crippen molar-refractivity contribution in [3.8, 4) is 5.75 Å². The molecular formula is C12H13N3OS. The predicted molar refractivity (Wildman–Crippen MR) is 72.5 cm³/mol. The first kappa shape index (κ1) is 11.6. The molecule has 0 unspecified atom stereocenters. The maximum absolute atomic E-state index is 5.45. The minimum atomic E-state index is 0.795. The standard InChI is InChI=1S/C12H13N3OS/c13-14-11-8-4-5-9-12(11)15-17-16-10-6-2-1-3-7-10/h1-9,14-15H,13H2. The number of para-hydroxylation sites is 3. The number of hydrazine groups is 1. The van der Waals surface area contributed by atoms with E-state index in [9.17, 15) is 0 Å². The first-order valence-electron chi connectivity index (χ1n) is 5.10. The summed E-state index contributed by atoms with van der Waals surface area (Å²) < 4.78 is 8.51. The largest absolute Gasteiger partial charge is 0.405 e. The summed E-state index contributed by atoms with van der Waals surface area (Å²) in [5.74, 6) is 6.19. The molecule has 0 saturated heterocycles. The number of anilines is 2. The zero-order chi connectivity index (χ0) is 11.9. The highest BCUT2D eigenvalue weighted by atomic mass is 32.2. The average Bonchev–Trinajstić information content (AvgIpc) is 2.40. The fourth-order valence-corrected chi connectivity index (χ4v) is 1.80. The fourth-order valence-electron chi connectivity index (χ4n) is 1.29. The van der Waals surface area contributed by atoms with Crippen LogP contribution in [0, 0.1) is 0 Å². The van der Waals surface area contributed by atoms with Crippen molar-refractivity contribution in [1.29, 1.82) is 0 Å². The molecule has 0 aliphatic carbocycles. The second kappa shape index (κ2) is 6.03. The number of nitrogen functional groups attached to an aromatic ring is 1. The average molecular weight is 247 g/mol. The van der Waals surface area contributed by atoms with Gasteiger partial charge in [-0.15, -0.1) is 0 Å². The Morgan fingerprint density at radius 3 is 2.24 bits per heavy atom. The summed E-state index contributed by atoms with van der Waals surface area (Å²) >= 11 is 1.14. The van der Waals surface area contributed by atoms with E-state index in [0.29, 0.717) is 0 Å². The number of nitrogens with two attached hydrogens (primary N) is 1. The van der Waals surface area contributed by atoms with Crippen molar-refractivity contribution in [2.45, 2.75) is 0 Å². The summed E-state index contributed by atoms with van der Waals surface area (Å²) in [4.78, 5) is 0. The van der Waals surface area contributed by atoms with Gasteiger partial charge in [-0.3, -0.25) is 10.6 Å². The van der Waals surface area contributed by atoms with E-state index in [1.807, 2.05) is 54.6 Å². The lowest BCUT2D eigenvalue weighted by Crippen LogP contribution is -2.08. The van der Waals surface area contributed by atoms with Gasteiger partial charge in [0.2, 0.25) is 0 Å². The maximum atomic E-state index is 5.45. The zero-order valence-corrected chi connectivity index (χ0v) is 9.91. The van der Waals surface area contributed by atoms with Crippen LogP contribution in [0.1, 0.15) is 0 Å². The van der Waals surface area contributed by atoms with Gasteiger partial charge in [-0.05, 0) is 24.3 Å². The molecule has 2 aromatic carbocycles. The Bertz CT molecular complexity index is 464. The summed E-state index contributed by atoms with van der Waals surface area (Å²) in [5, 5.41) is 0. The van der Waals surface area contributed by atoms with Gasteiger partial charge in [-0.25, -0.2) is 0 Å². The Kier molecular flexibility index (Phi) is 4.12. The zero-order valence-electron chi connectivity index (χ0n) is 9.09. The normalized spacial score (nSPS) is 9.71. The van der Waals surface area contributed by atoms with Gasteiger partial charge in [-0.1, -0.05) is 30.3 Å². The van der Waals surface area contributed by atoms with Gasteiger partial charge in [0.05, 0.1) is 11.4 Å². The third kappa shape index (κ3) is 3.30. The number of nitrogens with one attached hydrogen (secondary N) is 2. The highest BCUT2D eigenvalue weighted by Gasteiger charge is 2.00. The fraction of sp³-hybridized carbons (Fsp3) is 0. The molecule has 4 nitrogen and oxygen atoms in total. The summed E-state index contributed by atoms with van der Waals surface area (Å²) in [7, 11) is 0. The van der Waals surface area contributed by atoms with Crippen LogP contribution < -0.4 is 20.2 Å². The quantitative estimate of drug-likeness (QED) is 0.328. The molecule has 0 radical (unpaired) electrons. The van der Waals surface area contributed by atoms with Crippen molar-refractivity contribution < 1.29 is 4.18 Å². The lowest BCUT2D eigenvalue weighted by molar-refractivity contribution is 0.650. The van der Waals surface area contributed by atoms with Crippen LogP contribution in [0.2, 0.25) is 0 Å². The van der Waals surface area contributed by atoms with Crippen molar-refractivity contribution in [2.24, 2.45) is 5.84 Å². The van der Waals surface area contributed by atoms with E-state index in [0.717, 1.165) is 29.4 Å². The molecule has 5 heteroatoms. The van der Waals surface area contributed by atoms with Crippen molar-refractivity contribution >= 4 is 23.6 Å². The monoisotopic (exact) mass is 247 g/mol. The van der Waals surface area contributed by atoms with E-state index in [4.69, 9.17) is 10.0 Å². The minimum Gasteiger partial charge on any atom is -0.405 e. The highest BCUT2D eigenvalue weighted by Crippen LogP contribution is 2.24. The van der Waals surface area contributed by atoms with Crippen molar-refractivity contribution in [2.75, 3.05) is 10.1 Å². The molecule has 88 valence electrons. The van der Waals surface area contributed by atoms with Gasteiger partial charge in [0.15, 0.2) is 12.2 Å². The van der Waals surface area contributed by atoms with E-state index >= 15 is 0 Å². The van der Waals surface area contributed by atoms with Gasteiger partial charge in [0, 0.05) is 0 Å². The van der Waals surface area contributed by atoms with Crippen LogP contribution in [0.25, 0.3) is 0 Å². The van der Waals surface area contributed by atoms with Gasteiger partial charge in [-0.2, -0.15) is 0 Å². The van der Waals surface area contributed by atoms with Crippen molar-refractivity contribution in [3.63, 3.8) is 0 Å². The molecule has 0 aliphatic heterocycles. The summed E-state index contributed by atoms with van der Waals surface area (Å²) in [6.45, 7) is 0. The molecule has 4 N–H and O–H groups in total. The molecule has 0 heterocycles. The van der Waals surface area contributed by atoms with Gasteiger partial charge in [0.1, 0.15) is 5.75 Å². The third-order valence-electron chi connectivity index (χ3n) is 2.12. The SMILES string of the molecule is NNc1ccccc1NSOc1ccccc1. The predicted octanol–water partition coefficient (Wildman–Crippen LogP) is 3.03. The van der Waals surface area contributed by atoms with Crippen molar-refractivity contribution in [1.82, 2.24) is 0 Å². The van der Waals surface area contributed by atoms with Crippen LogP contribution in [-0.4, -0.2) is 0 Å². The van der Waals surface area contributed by atoms with Crippen LogP contribution in [-0.2, 0) is 0 Å². The Balaban J connectivity index is 1.90. The topological polar surface area (TPSA) is 59.3 Å². The Morgan fingerprint density at radius 2 is 1.53 bits per heavy atom. The highest BCUT2D eigenvalue weighted by molar-refractivity contribution is 7.96. The smallest absolute Gasteiger partial charge is 0.176 e. The van der Waals surface area contributed by atoms with E-state index in [-0.39, 0.29) is 0 Å². The second-order valence-electron chi connectivity index (χ2n) is 3.27. The number of benzene rings is 2. The molecule has 17 heavy (non-hydrogen) atoms. The molecule has 0 spiro atoms. The van der Waals surface area contributed by atoms with E-state index in [2.05, 4.69) is 10.1 Å². The lowest BCUT2D eigenvalue weighted by Gasteiger charge is -2.09. The minimum absolute atomic E-state index is 0.795. The molecule has 0 aliphatic rings. The van der Waals surface area contributed by atoms with E-state index in [1.54, 1.807) is 0 Å². The van der Waals surface area contributed by atoms with Crippen LogP contribution in [0.5, 0.6) is 5.75 Å². The van der Waals surface area contributed by atoms with Crippen LogP contribution >= 0.6 is 12.2 Å². The molecule has 0 fully saturated rings. The number of hydrogen-bond donors (Lipinski definition) is 3. The molecule has 0 atom stereocenters. The summed E-state index contributed by atoms with van der Waals surface area (Å²) in [6, 6.07) is 17.2. The van der Waals surface area contributed by atoms with Gasteiger partial charge < -0.3 is 9.61 Å². The number of rotatable bonds is 5. The Hall–Kier alpha value is -1.85. The van der Waals surface area contributed by atoms with Crippen LogP contribution in [0.4, 0.5) is 11.4 Å². The molecule has 0 saturated carbocycles. The van der Waals surface area contributed by atoms with Crippen LogP contribution in [0.15, 0.2) is 54.6 Å².